The number of carbonyl (C=O) groups excluding carboxylic acids is 1. The molecule has 0 aromatic carbocycles. The average molecular weight is 251 g/mol. The molecule has 0 aliphatic carbocycles. The first-order valence-corrected chi connectivity index (χ1v) is 7.05. The number of sulfonamides is 1. The zero-order valence-electron chi connectivity index (χ0n) is 9.61. The number of hydrogen-bond donors (Lipinski definition) is 3. The molecule has 0 aromatic heterocycles. The minimum absolute atomic E-state index is 0.0740. The summed E-state index contributed by atoms with van der Waals surface area (Å²) in [5.74, 6) is -0.178. The molecular weight excluding hydrogens is 230 g/mol. The van der Waals surface area contributed by atoms with Crippen molar-refractivity contribution in [3.63, 3.8) is 0 Å². The van der Waals surface area contributed by atoms with E-state index < -0.39 is 10.0 Å². The van der Waals surface area contributed by atoms with Gasteiger partial charge in [0.15, 0.2) is 0 Å². The van der Waals surface area contributed by atoms with Crippen LogP contribution in [-0.4, -0.2) is 32.7 Å². The van der Waals surface area contributed by atoms with E-state index in [-0.39, 0.29) is 17.7 Å². The van der Waals surface area contributed by atoms with Crippen molar-refractivity contribution in [1.82, 2.24) is 5.32 Å². The molecule has 0 aliphatic rings. The number of rotatable bonds is 8. The van der Waals surface area contributed by atoms with Gasteiger partial charge >= 0.3 is 0 Å². The molecule has 0 bridgehead atoms. The molecule has 6 nitrogen and oxygen atoms in total. The summed E-state index contributed by atoms with van der Waals surface area (Å²) in [6, 6.07) is 0.107. The average Bonchev–Trinajstić information content (AvgIpc) is 2.10. The Morgan fingerprint density at radius 3 is 2.50 bits per heavy atom. The van der Waals surface area contributed by atoms with Crippen molar-refractivity contribution in [1.29, 1.82) is 0 Å². The van der Waals surface area contributed by atoms with Gasteiger partial charge in [-0.05, 0) is 26.2 Å². The number of carbonyl (C=O) groups is 1. The Bertz CT molecular complexity index is 301. The molecule has 0 saturated carbocycles. The third kappa shape index (κ3) is 11.4. The van der Waals surface area contributed by atoms with Gasteiger partial charge < -0.3 is 11.1 Å². The van der Waals surface area contributed by atoms with Gasteiger partial charge in [-0.25, -0.2) is 13.6 Å². The van der Waals surface area contributed by atoms with E-state index in [1.165, 1.54) is 0 Å². The normalized spacial score (nSPS) is 13.4. The van der Waals surface area contributed by atoms with Crippen molar-refractivity contribution >= 4 is 15.9 Å². The van der Waals surface area contributed by atoms with Crippen molar-refractivity contribution in [3.05, 3.63) is 0 Å². The van der Waals surface area contributed by atoms with Crippen LogP contribution < -0.4 is 16.2 Å². The quantitative estimate of drug-likeness (QED) is 0.495. The molecule has 1 atom stereocenters. The van der Waals surface area contributed by atoms with Crippen molar-refractivity contribution in [3.8, 4) is 0 Å². The fourth-order valence-corrected chi connectivity index (χ4v) is 1.72. The molecule has 0 radical (unpaired) electrons. The molecule has 0 aromatic rings. The predicted molar refractivity (Wildman–Crippen MR) is 63.1 cm³/mol. The summed E-state index contributed by atoms with van der Waals surface area (Å²) in [6.45, 7) is 2.23. The van der Waals surface area contributed by atoms with Crippen molar-refractivity contribution in [2.45, 2.75) is 38.6 Å². The molecule has 0 fully saturated rings. The molecule has 0 heterocycles. The Morgan fingerprint density at radius 2 is 2.00 bits per heavy atom. The Morgan fingerprint density at radius 1 is 1.38 bits per heavy atom. The van der Waals surface area contributed by atoms with E-state index in [2.05, 4.69) is 5.32 Å². The molecule has 0 aliphatic heterocycles. The standard InChI is InChI=1S/C9H21N3O3S/c1-8(10)4-2-5-9(13)12-6-3-7-16(11,14)15/h8H,2-7,10H2,1H3,(H,12,13)(H2,11,14,15). The zero-order valence-corrected chi connectivity index (χ0v) is 10.4. The molecule has 16 heavy (non-hydrogen) atoms. The Labute approximate surface area is 96.8 Å². The van der Waals surface area contributed by atoms with Crippen LogP contribution in [0.1, 0.15) is 32.6 Å². The number of nitrogens with two attached hydrogens (primary N) is 2. The monoisotopic (exact) mass is 251 g/mol. The van der Waals surface area contributed by atoms with Gasteiger partial charge in [0.05, 0.1) is 5.75 Å². The SMILES string of the molecule is CC(N)CCCC(=O)NCCCS(N)(=O)=O. The molecule has 1 amide bonds. The van der Waals surface area contributed by atoms with Gasteiger partial charge in [0.25, 0.3) is 0 Å². The summed E-state index contributed by atoms with van der Waals surface area (Å²) in [5, 5.41) is 7.44. The van der Waals surface area contributed by atoms with Gasteiger partial charge in [0.2, 0.25) is 15.9 Å². The smallest absolute Gasteiger partial charge is 0.219 e. The van der Waals surface area contributed by atoms with Gasteiger partial charge in [0.1, 0.15) is 0 Å². The minimum atomic E-state index is -3.42. The summed E-state index contributed by atoms with van der Waals surface area (Å²) in [7, 11) is -3.42. The van der Waals surface area contributed by atoms with Crippen LogP contribution in [0.4, 0.5) is 0 Å². The van der Waals surface area contributed by atoms with Crippen LogP contribution >= 0.6 is 0 Å². The van der Waals surface area contributed by atoms with E-state index in [1.54, 1.807) is 0 Å². The van der Waals surface area contributed by atoms with E-state index in [0.717, 1.165) is 12.8 Å². The molecular formula is C9H21N3O3S. The fraction of sp³-hybridized carbons (Fsp3) is 0.889. The fourth-order valence-electron chi connectivity index (χ4n) is 1.17. The lowest BCUT2D eigenvalue weighted by Crippen LogP contribution is -2.27. The second-order valence-electron chi connectivity index (χ2n) is 3.94. The second-order valence-corrected chi connectivity index (χ2v) is 5.67. The van der Waals surface area contributed by atoms with Gasteiger partial charge in [-0.3, -0.25) is 4.79 Å². The van der Waals surface area contributed by atoms with Crippen molar-refractivity contribution in [2.24, 2.45) is 10.9 Å². The lowest BCUT2D eigenvalue weighted by atomic mass is 10.1. The summed E-state index contributed by atoms with van der Waals surface area (Å²) in [4.78, 5) is 11.2. The van der Waals surface area contributed by atoms with E-state index in [1.807, 2.05) is 6.92 Å². The summed E-state index contributed by atoms with van der Waals surface area (Å²) in [6.07, 6.45) is 2.33. The van der Waals surface area contributed by atoms with Gasteiger partial charge in [-0.15, -0.1) is 0 Å². The third-order valence-electron chi connectivity index (χ3n) is 1.99. The zero-order chi connectivity index (χ0) is 12.6. The molecule has 7 heteroatoms. The molecule has 0 rings (SSSR count). The van der Waals surface area contributed by atoms with Gasteiger partial charge in [0, 0.05) is 19.0 Å². The lowest BCUT2D eigenvalue weighted by molar-refractivity contribution is -0.121. The first-order chi connectivity index (χ1) is 7.31. The molecule has 0 spiro atoms. The largest absolute Gasteiger partial charge is 0.356 e. The highest BCUT2D eigenvalue weighted by Gasteiger charge is 2.04. The predicted octanol–water partition coefficient (Wildman–Crippen LogP) is -0.701. The number of nitrogens with one attached hydrogen (secondary N) is 1. The first kappa shape index (κ1) is 15.3. The van der Waals surface area contributed by atoms with E-state index in [0.29, 0.717) is 19.4 Å². The maximum absolute atomic E-state index is 11.2. The molecule has 1 unspecified atom stereocenters. The van der Waals surface area contributed by atoms with E-state index in [4.69, 9.17) is 10.9 Å². The highest BCUT2D eigenvalue weighted by atomic mass is 32.2. The highest BCUT2D eigenvalue weighted by molar-refractivity contribution is 7.89. The number of hydrogen-bond acceptors (Lipinski definition) is 4. The molecule has 96 valence electrons. The highest BCUT2D eigenvalue weighted by Crippen LogP contribution is 1.98. The first-order valence-electron chi connectivity index (χ1n) is 5.34. The number of primary sulfonamides is 1. The van der Waals surface area contributed by atoms with E-state index in [9.17, 15) is 13.2 Å². The molecule has 5 N–H and O–H groups in total. The van der Waals surface area contributed by atoms with E-state index >= 15 is 0 Å². The minimum Gasteiger partial charge on any atom is -0.356 e. The van der Waals surface area contributed by atoms with Crippen LogP contribution in [0.3, 0.4) is 0 Å². The summed E-state index contributed by atoms with van der Waals surface area (Å²) < 4.78 is 21.1. The van der Waals surface area contributed by atoms with Gasteiger partial charge in [-0.1, -0.05) is 0 Å². The Hall–Kier alpha value is -0.660. The van der Waals surface area contributed by atoms with Crippen molar-refractivity contribution < 1.29 is 13.2 Å². The van der Waals surface area contributed by atoms with Crippen LogP contribution in [0, 0.1) is 0 Å². The summed E-state index contributed by atoms with van der Waals surface area (Å²) >= 11 is 0. The third-order valence-corrected chi connectivity index (χ3v) is 2.85. The van der Waals surface area contributed by atoms with Crippen LogP contribution in [0.5, 0.6) is 0 Å². The lowest BCUT2D eigenvalue weighted by Gasteiger charge is -2.06. The van der Waals surface area contributed by atoms with Crippen LogP contribution in [-0.2, 0) is 14.8 Å². The van der Waals surface area contributed by atoms with Crippen molar-refractivity contribution in [2.75, 3.05) is 12.3 Å². The summed E-state index contributed by atoms with van der Waals surface area (Å²) in [5.41, 5.74) is 5.54. The van der Waals surface area contributed by atoms with Crippen LogP contribution in [0.25, 0.3) is 0 Å². The second kappa shape index (κ2) is 7.59. The van der Waals surface area contributed by atoms with Gasteiger partial charge in [-0.2, -0.15) is 0 Å². The Kier molecular flexibility index (Phi) is 7.27. The topological polar surface area (TPSA) is 115 Å². The Balaban J connectivity index is 3.45. The maximum Gasteiger partial charge on any atom is 0.219 e. The van der Waals surface area contributed by atoms with Crippen LogP contribution in [0.15, 0.2) is 0 Å². The van der Waals surface area contributed by atoms with Crippen LogP contribution in [0.2, 0.25) is 0 Å². The maximum atomic E-state index is 11.2. The number of amides is 1. The molecule has 0 saturated heterocycles.